The fourth-order valence-corrected chi connectivity index (χ4v) is 4.01. The van der Waals surface area contributed by atoms with Crippen molar-refractivity contribution < 1.29 is 8.78 Å². The third-order valence-electron chi connectivity index (χ3n) is 5.49. The van der Waals surface area contributed by atoms with Crippen LogP contribution in [0.15, 0.2) is 55.0 Å². The van der Waals surface area contributed by atoms with Crippen molar-refractivity contribution in [3.63, 3.8) is 0 Å². The van der Waals surface area contributed by atoms with E-state index in [1.165, 1.54) is 18.2 Å². The van der Waals surface area contributed by atoms with Crippen molar-refractivity contribution in [1.29, 1.82) is 0 Å². The van der Waals surface area contributed by atoms with E-state index < -0.39 is 11.6 Å². The van der Waals surface area contributed by atoms with E-state index >= 15 is 0 Å². The van der Waals surface area contributed by atoms with Crippen molar-refractivity contribution in [3.8, 4) is 22.4 Å². The first-order valence-corrected chi connectivity index (χ1v) is 10.0. The summed E-state index contributed by atoms with van der Waals surface area (Å²) in [5.74, 6) is -0.455. The van der Waals surface area contributed by atoms with E-state index in [0.717, 1.165) is 42.4 Å². The maximum atomic E-state index is 14.3. The van der Waals surface area contributed by atoms with E-state index in [9.17, 15) is 8.78 Å². The van der Waals surface area contributed by atoms with Crippen LogP contribution >= 0.6 is 0 Å². The van der Waals surface area contributed by atoms with Crippen LogP contribution in [-0.2, 0) is 0 Å². The second-order valence-electron chi connectivity index (χ2n) is 7.54. The highest BCUT2D eigenvalue weighted by molar-refractivity contribution is 5.97. The molecule has 1 aliphatic heterocycles. The Morgan fingerprint density at radius 1 is 1.07 bits per heavy atom. The summed E-state index contributed by atoms with van der Waals surface area (Å²) < 4.78 is 28.6. The minimum absolute atomic E-state index is 0.0298. The second kappa shape index (κ2) is 7.84. The molecule has 4 aromatic rings. The van der Waals surface area contributed by atoms with Crippen LogP contribution in [0.4, 0.5) is 14.6 Å². The normalized spacial score (nSPS) is 16.7. The highest BCUT2D eigenvalue weighted by Crippen LogP contribution is 2.33. The lowest BCUT2D eigenvalue weighted by Crippen LogP contribution is -2.38. The van der Waals surface area contributed by atoms with Gasteiger partial charge in [-0.3, -0.25) is 4.98 Å². The topological polar surface area (TPSA) is 65.6 Å². The molecule has 0 radical (unpaired) electrons. The smallest absolute Gasteiger partial charge is 0.145 e. The molecule has 3 N–H and O–H groups in total. The first kappa shape index (κ1) is 18.7. The molecule has 0 spiro atoms. The molecular formula is C23H21F2N5. The zero-order chi connectivity index (χ0) is 20.5. The maximum Gasteiger partial charge on any atom is 0.145 e. The third-order valence-corrected chi connectivity index (χ3v) is 5.49. The number of piperidine rings is 1. The molecule has 1 fully saturated rings. The SMILES string of the molecule is Fc1cccc(F)c1-c1ccc2[nH]cc(-c3cncc(N[C@@H]4CCCNC4)n3)c2c1. The van der Waals surface area contributed by atoms with Crippen LogP contribution in [0.1, 0.15) is 12.8 Å². The molecule has 1 saturated heterocycles. The number of halogens is 2. The predicted molar refractivity (Wildman–Crippen MR) is 114 cm³/mol. The number of aromatic nitrogens is 3. The van der Waals surface area contributed by atoms with E-state index in [2.05, 4.69) is 20.6 Å². The van der Waals surface area contributed by atoms with Gasteiger partial charge in [0.1, 0.15) is 17.5 Å². The Balaban J connectivity index is 1.53. The molecule has 0 saturated carbocycles. The van der Waals surface area contributed by atoms with Gasteiger partial charge >= 0.3 is 0 Å². The highest BCUT2D eigenvalue weighted by Gasteiger charge is 2.16. The summed E-state index contributed by atoms with van der Waals surface area (Å²) in [7, 11) is 0. The number of hydrogen-bond acceptors (Lipinski definition) is 4. The van der Waals surface area contributed by atoms with Gasteiger partial charge in [-0.05, 0) is 49.2 Å². The van der Waals surface area contributed by atoms with Crippen molar-refractivity contribution >= 4 is 16.7 Å². The molecule has 30 heavy (non-hydrogen) atoms. The van der Waals surface area contributed by atoms with Crippen LogP contribution in [0, 0.1) is 11.6 Å². The van der Waals surface area contributed by atoms with Gasteiger partial charge in [0.25, 0.3) is 0 Å². The van der Waals surface area contributed by atoms with E-state index in [1.807, 2.05) is 12.3 Å². The zero-order valence-electron chi connectivity index (χ0n) is 16.3. The predicted octanol–water partition coefficient (Wildman–Crippen LogP) is 4.73. The van der Waals surface area contributed by atoms with Crippen LogP contribution in [0.3, 0.4) is 0 Å². The van der Waals surface area contributed by atoms with E-state index in [4.69, 9.17) is 4.98 Å². The van der Waals surface area contributed by atoms with Crippen molar-refractivity contribution in [2.24, 2.45) is 0 Å². The van der Waals surface area contributed by atoms with Gasteiger partial charge in [-0.2, -0.15) is 0 Å². The number of aromatic amines is 1. The molecule has 2 aromatic heterocycles. The Morgan fingerprint density at radius 3 is 2.73 bits per heavy atom. The number of fused-ring (bicyclic) bond motifs is 1. The molecule has 2 aromatic carbocycles. The highest BCUT2D eigenvalue weighted by atomic mass is 19.1. The molecule has 1 atom stereocenters. The van der Waals surface area contributed by atoms with Crippen LogP contribution in [-0.4, -0.2) is 34.1 Å². The van der Waals surface area contributed by atoms with E-state index in [-0.39, 0.29) is 5.56 Å². The Labute approximate surface area is 172 Å². The van der Waals surface area contributed by atoms with Crippen molar-refractivity contribution in [2.45, 2.75) is 18.9 Å². The number of benzene rings is 2. The average molecular weight is 405 g/mol. The quantitative estimate of drug-likeness (QED) is 0.459. The molecule has 1 aliphatic rings. The summed E-state index contributed by atoms with van der Waals surface area (Å²) in [5.41, 5.74) is 2.84. The van der Waals surface area contributed by atoms with Crippen LogP contribution in [0.5, 0.6) is 0 Å². The molecule has 152 valence electrons. The Kier molecular flexibility index (Phi) is 4.88. The van der Waals surface area contributed by atoms with Crippen LogP contribution < -0.4 is 10.6 Å². The second-order valence-corrected chi connectivity index (χ2v) is 7.54. The zero-order valence-corrected chi connectivity index (χ0v) is 16.3. The number of nitrogens with one attached hydrogen (secondary N) is 3. The van der Waals surface area contributed by atoms with Crippen LogP contribution in [0.25, 0.3) is 33.3 Å². The lowest BCUT2D eigenvalue weighted by molar-refractivity contribution is 0.479. The molecule has 0 bridgehead atoms. The average Bonchev–Trinajstić information content (AvgIpc) is 3.18. The number of nitrogens with zero attached hydrogens (tertiary/aromatic N) is 2. The summed E-state index contributed by atoms with van der Waals surface area (Å²) in [6, 6.07) is 9.54. The Morgan fingerprint density at radius 2 is 1.93 bits per heavy atom. The van der Waals surface area contributed by atoms with E-state index in [1.54, 1.807) is 24.5 Å². The lowest BCUT2D eigenvalue weighted by Gasteiger charge is -2.24. The van der Waals surface area contributed by atoms with Gasteiger partial charge in [-0.1, -0.05) is 12.1 Å². The third kappa shape index (κ3) is 3.52. The standard InChI is InChI=1S/C23H21F2N5/c24-18-4-1-5-19(25)23(18)14-6-7-20-16(9-14)17(11-28-20)21-12-27-13-22(30-21)29-15-3-2-8-26-10-15/h1,4-7,9,11-13,15,26,28H,2-3,8,10H2,(H,29,30)/t15-/m1/s1. The van der Waals surface area contributed by atoms with Gasteiger partial charge in [-0.25, -0.2) is 13.8 Å². The van der Waals surface area contributed by atoms with Crippen molar-refractivity contribution in [1.82, 2.24) is 20.3 Å². The van der Waals surface area contributed by atoms with Gasteiger partial charge in [0.2, 0.25) is 0 Å². The minimum Gasteiger partial charge on any atom is -0.365 e. The number of hydrogen-bond donors (Lipinski definition) is 3. The van der Waals surface area contributed by atoms with Gasteiger partial charge in [0, 0.05) is 35.2 Å². The van der Waals surface area contributed by atoms with Crippen molar-refractivity contribution in [2.75, 3.05) is 18.4 Å². The first-order chi connectivity index (χ1) is 14.7. The molecule has 7 heteroatoms. The molecule has 0 amide bonds. The summed E-state index contributed by atoms with van der Waals surface area (Å²) >= 11 is 0. The van der Waals surface area contributed by atoms with Crippen molar-refractivity contribution in [3.05, 3.63) is 66.6 Å². The number of rotatable bonds is 4. The summed E-state index contributed by atoms with van der Waals surface area (Å²) in [5, 5.41) is 7.65. The van der Waals surface area contributed by atoms with Gasteiger partial charge in [-0.15, -0.1) is 0 Å². The first-order valence-electron chi connectivity index (χ1n) is 10.0. The maximum absolute atomic E-state index is 14.3. The van der Waals surface area contributed by atoms with Crippen LogP contribution in [0.2, 0.25) is 0 Å². The molecule has 0 unspecified atom stereocenters. The minimum atomic E-state index is -0.585. The summed E-state index contributed by atoms with van der Waals surface area (Å²) in [4.78, 5) is 12.3. The molecule has 3 heterocycles. The molecule has 5 rings (SSSR count). The molecular weight excluding hydrogens is 384 g/mol. The molecule has 0 aliphatic carbocycles. The number of anilines is 1. The number of H-pyrrole nitrogens is 1. The Bertz CT molecular complexity index is 1180. The summed E-state index contributed by atoms with van der Waals surface area (Å²) in [6.45, 7) is 1.95. The van der Waals surface area contributed by atoms with Gasteiger partial charge in [0.15, 0.2) is 0 Å². The van der Waals surface area contributed by atoms with Gasteiger partial charge < -0.3 is 15.6 Å². The fraction of sp³-hybridized carbons (Fsp3) is 0.217. The molecule has 5 nitrogen and oxygen atoms in total. The summed E-state index contributed by atoms with van der Waals surface area (Å²) in [6.07, 6.45) is 7.48. The lowest BCUT2D eigenvalue weighted by atomic mass is 10.0. The fourth-order valence-electron chi connectivity index (χ4n) is 4.01. The Hall–Kier alpha value is -3.32. The largest absolute Gasteiger partial charge is 0.365 e. The van der Waals surface area contributed by atoms with E-state index in [0.29, 0.717) is 23.1 Å². The van der Waals surface area contributed by atoms with Gasteiger partial charge in [0.05, 0.1) is 23.7 Å². The monoisotopic (exact) mass is 405 g/mol.